The number of nitrogens with zero attached hydrogens (tertiary/aromatic N) is 7. The highest BCUT2D eigenvalue weighted by atomic mass is 16.3. The van der Waals surface area contributed by atoms with Crippen molar-refractivity contribution in [3.8, 4) is 5.88 Å². The lowest BCUT2D eigenvalue weighted by atomic mass is 10.1. The molecule has 30 heavy (non-hydrogen) atoms. The zero-order valence-electron chi connectivity index (χ0n) is 15.9. The summed E-state index contributed by atoms with van der Waals surface area (Å²) in [7, 11) is 0. The Hall–Kier alpha value is -4.34. The second-order valence-corrected chi connectivity index (χ2v) is 6.79. The fraction of sp³-hybridized carbons (Fsp3) is 0.100. The molecule has 0 saturated heterocycles. The molecule has 0 aliphatic heterocycles. The third-order valence-corrected chi connectivity index (χ3v) is 4.67. The maximum atomic E-state index is 11.7. The molecule has 0 spiro atoms. The minimum Gasteiger partial charge on any atom is -0.493 e. The average molecular weight is 400 g/mol. The van der Waals surface area contributed by atoms with E-state index in [1.54, 1.807) is 29.8 Å². The third kappa shape index (κ3) is 3.20. The maximum Gasteiger partial charge on any atom is 0.349 e. The molecule has 0 unspecified atom stereocenters. The number of aromatic amines is 1. The second-order valence-electron chi connectivity index (χ2n) is 6.79. The summed E-state index contributed by atoms with van der Waals surface area (Å²) in [4.78, 5) is 18.3. The quantitative estimate of drug-likeness (QED) is 0.443. The van der Waals surface area contributed by atoms with E-state index in [1.165, 1.54) is 6.20 Å². The van der Waals surface area contributed by atoms with Gasteiger partial charge in [-0.05, 0) is 42.8 Å². The normalized spacial score (nSPS) is 12.1. The van der Waals surface area contributed by atoms with Gasteiger partial charge in [-0.3, -0.25) is 9.97 Å². The van der Waals surface area contributed by atoms with Crippen LogP contribution >= 0.6 is 0 Å². The van der Waals surface area contributed by atoms with Crippen molar-refractivity contribution in [3.63, 3.8) is 0 Å². The van der Waals surface area contributed by atoms with Gasteiger partial charge < -0.3 is 5.11 Å². The van der Waals surface area contributed by atoms with Crippen molar-refractivity contribution in [1.82, 2.24) is 34.5 Å². The fourth-order valence-corrected chi connectivity index (χ4v) is 3.21. The number of H-pyrrole nitrogens is 1. The van der Waals surface area contributed by atoms with E-state index in [4.69, 9.17) is 0 Å². The second kappa shape index (κ2) is 6.92. The van der Waals surface area contributed by atoms with Crippen molar-refractivity contribution in [3.05, 3.63) is 82.4 Å². The molecule has 0 atom stereocenters. The molecular formula is C20H16N8O2. The summed E-state index contributed by atoms with van der Waals surface area (Å²) in [6.07, 6.45) is 3.51. The SMILES string of the molecule is C/C(=N\n1cc(O)[nH]c1=O)c1ccc2nnc(Cc3ccc4ncccc4c3)n2n1. The Morgan fingerprint density at radius 3 is 2.93 bits per heavy atom. The van der Waals surface area contributed by atoms with E-state index in [-0.39, 0.29) is 5.88 Å². The molecule has 5 aromatic rings. The molecule has 148 valence electrons. The van der Waals surface area contributed by atoms with E-state index >= 15 is 0 Å². The molecule has 1 aromatic carbocycles. The average Bonchev–Trinajstić information content (AvgIpc) is 3.29. The highest BCUT2D eigenvalue weighted by Crippen LogP contribution is 2.16. The van der Waals surface area contributed by atoms with Gasteiger partial charge in [-0.15, -0.1) is 10.2 Å². The maximum absolute atomic E-state index is 11.7. The van der Waals surface area contributed by atoms with Gasteiger partial charge in [-0.1, -0.05) is 12.1 Å². The van der Waals surface area contributed by atoms with Gasteiger partial charge in [-0.25, -0.2) is 4.79 Å². The topological polar surface area (TPSA) is 126 Å². The van der Waals surface area contributed by atoms with Crippen LogP contribution in [0.15, 0.2) is 64.8 Å². The third-order valence-electron chi connectivity index (χ3n) is 4.67. The Bertz CT molecular complexity index is 1480. The molecule has 10 heteroatoms. The largest absolute Gasteiger partial charge is 0.493 e. The van der Waals surface area contributed by atoms with E-state index in [0.29, 0.717) is 29.3 Å². The number of pyridine rings is 1. The number of aromatic nitrogens is 7. The lowest BCUT2D eigenvalue weighted by Crippen LogP contribution is -2.15. The molecule has 0 bridgehead atoms. The van der Waals surface area contributed by atoms with Gasteiger partial charge >= 0.3 is 5.69 Å². The first-order chi connectivity index (χ1) is 14.6. The summed E-state index contributed by atoms with van der Waals surface area (Å²) in [6, 6.07) is 13.5. The number of aromatic hydroxyl groups is 1. The fourth-order valence-electron chi connectivity index (χ4n) is 3.21. The van der Waals surface area contributed by atoms with Crippen LogP contribution in [0.2, 0.25) is 0 Å². The van der Waals surface area contributed by atoms with E-state index in [0.717, 1.165) is 21.1 Å². The van der Waals surface area contributed by atoms with Crippen LogP contribution < -0.4 is 5.69 Å². The predicted molar refractivity (Wildman–Crippen MR) is 110 cm³/mol. The van der Waals surface area contributed by atoms with Crippen molar-refractivity contribution in [2.24, 2.45) is 5.10 Å². The number of hydrogen-bond donors (Lipinski definition) is 2. The van der Waals surface area contributed by atoms with E-state index in [2.05, 4.69) is 36.4 Å². The van der Waals surface area contributed by atoms with Gasteiger partial charge in [0.05, 0.1) is 17.4 Å². The van der Waals surface area contributed by atoms with Gasteiger partial charge in [0, 0.05) is 18.0 Å². The molecule has 0 fully saturated rings. The van der Waals surface area contributed by atoms with E-state index in [1.807, 2.05) is 24.3 Å². The predicted octanol–water partition coefficient (Wildman–Crippen LogP) is 1.73. The molecule has 10 nitrogen and oxygen atoms in total. The summed E-state index contributed by atoms with van der Waals surface area (Å²) in [6.45, 7) is 1.73. The number of benzene rings is 1. The van der Waals surface area contributed by atoms with Gasteiger partial charge in [0.1, 0.15) is 5.69 Å². The Morgan fingerprint density at radius 1 is 1.20 bits per heavy atom. The molecular weight excluding hydrogens is 384 g/mol. The minimum absolute atomic E-state index is 0.258. The van der Waals surface area contributed by atoms with Gasteiger partial charge in [0.2, 0.25) is 5.88 Å². The minimum atomic E-state index is -0.538. The van der Waals surface area contributed by atoms with Crippen LogP contribution in [0.25, 0.3) is 16.6 Å². The number of hydrogen-bond acceptors (Lipinski definition) is 7. The molecule has 2 N–H and O–H groups in total. The molecule has 4 heterocycles. The van der Waals surface area contributed by atoms with Crippen molar-refractivity contribution in [2.45, 2.75) is 13.3 Å². The van der Waals surface area contributed by atoms with Crippen LogP contribution in [0.5, 0.6) is 5.88 Å². The highest BCUT2D eigenvalue weighted by molar-refractivity contribution is 5.96. The molecule has 4 aromatic heterocycles. The Kier molecular flexibility index (Phi) is 4.09. The Morgan fingerprint density at radius 2 is 2.10 bits per heavy atom. The lowest BCUT2D eigenvalue weighted by Gasteiger charge is -2.04. The van der Waals surface area contributed by atoms with Crippen LogP contribution in [-0.4, -0.2) is 45.3 Å². The van der Waals surface area contributed by atoms with Gasteiger partial charge in [0.15, 0.2) is 11.5 Å². The molecule has 0 saturated carbocycles. The van der Waals surface area contributed by atoms with E-state index < -0.39 is 5.69 Å². The Labute approximate surface area is 169 Å². The van der Waals surface area contributed by atoms with Crippen LogP contribution in [0.1, 0.15) is 24.0 Å². The van der Waals surface area contributed by atoms with Crippen molar-refractivity contribution in [1.29, 1.82) is 0 Å². The summed E-state index contributed by atoms with van der Waals surface area (Å²) >= 11 is 0. The summed E-state index contributed by atoms with van der Waals surface area (Å²) in [5.41, 5.74) is 3.12. The van der Waals surface area contributed by atoms with Crippen molar-refractivity contribution >= 4 is 22.3 Å². The first-order valence-electron chi connectivity index (χ1n) is 9.18. The van der Waals surface area contributed by atoms with Crippen LogP contribution in [0.3, 0.4) is 0 Å². The van der Waals surface area contributed by atoms with Crippen LogP contribution in [0, 0.1) is 0 Å². The van der Waals surface area contributed by atoms with Crippen LogP contribution in [0.4, 0.5) is 0 Å². The van der Waals surface area contributed by atoms with Crippen LogP contribution in [-0.2, 0) is 6.42 Å². The highest BCUT2D eigenvalue weighted by Gasteiger charge is 2.11. The summed E-state index contributed by atoms with van der Waals surface area (Å²) in [5.74, 6) is 0.422. The summed E-state index contributed by atoms with van der Waals surface area (Å²) in [5, 5.41) is 27.7. The Balaban J connectivity index is 1.51. The first kappa shape index (κ1) is 17.7. The number of imidazole rings is 1. The first-order valence-corrected chi connectivity index (χ1v) is 9.18. The monoisotopic (exact) mass is 400 g/mol. The zero-order valence-corrected chi connectivity index (χ0v) is 15.9. The van der Waals surface area contributed by atoms with E-state index in [9.17, 15) is 9.90 Å². The smallest absolute Gasteiger partial charge is 0.349 e. The molecule has 0 aliphatic rings. The lowest BCUT2D eigenvalue weighted by molar-refractivity contribution is 0.455. The van der Waals surface area contributed by atoms with Gasteiger partial charge in [-0.2, -0.15) is 19.4 Å². The van der Waals surface area contributed by atoms with Crippen molar-refractivity contribution in [2.75, 3.05) is 0 Å². The zero-order chi connectivity index (χ0) is 20.7. The number of nitrogens with one attached hydrogen (secondary N) is 1. The number of fused-ring (bicyclic) bond motifs is 2. The summed E-state index contributed by atoms with van der Waals surface area (Å²) < 4.78 is 2.69. The molecule has 0 amide bonds. The molecule has 0 radical (unpaired) electrons. The molecule has 5 rings (SSSR count). The van der Waals surface area contributed by atoms with Crippen molar-refractivity contribution < 1.29 is 5.11 Å². The number of rotatable bonds is 4. The van der Waals surface area contributed by atoms with Gasteiger partial charge in [0.25, 0.3) is 0 Å². The molecule has 0 aliphatic carbocycles. The standard InChI is InChI=1S/C20H16N8O2/c1-12(25-27-11-19(29)22-20(27)30)15-6-7-17-23-24-18(28(17)26-15)10-13-4-5-16-14(9-13)3-2-8-21-16/h2-9,11,29H,10H2,1H3,(H,22,30)/b25-12+.